The summed E-state index contributed by atoms with van der Waals surface area (Å²) in [5.41, 5.74) is -0.465. The molecule has 0 aliphatic rings. The van der Waals surface area contributed by atoms with E-state index >= 15 is 0 Å². The number of hydrogen-bond donors (Lipinski definition) is 3. The molecule has 5 nitrogen and oxygen atoms in total. The van der Waals surface area contributed by atoms with Crippen LogP contribution in [0.1, 0.15) is 34.6 Å². The Labute approximate surface area is 97.4 Å². The van der Waals surface area contributed by atoms with Crippen LogP contribution in [0, 0.1) is 5.41 Å². The minimum atomic E-state index is -0.465. The molecule has 5 heteroatoms. The lowest BCUT2D eigenvalue weighted by molar-refractivity contribution is -0.131. The standard InChI is InChI=1S/C11H23N3O2/c1-6-12-8(2)14-9(15)7-13-10(16)11(3,4)5/h8,12H,6-7H2,1-5H3,(H,13,16)(H,14,15). The Kier molecular flexibility index (Phi) is 6.03. The SMILES string of the molecule is CCNC(C)NC(=O)CNC(=O)C(C)(C)C. The highest BCUT2D eigenvalue weighted by Crippen LogP contribution is 2.11. The molecule has 0 bridgehead atoms. The fourth-order valence-corrected chi connectivity index (χ4v) is 1.08. The van der Waals surface area contributed by atoms with Crippen molar-refractivity contribution in [2.24, 2.45) is 5.41 Å². The van der Waals surface area contributed by atoms with E-state index in [9.17, 15) is 9.59 Å². The Bertz CT molecular complexity index is 246. The molecule has 0 aliphatic heterocycles. The van der Waals surface area contributed by atoms with Crippen molar-refractivity contribution >= 4 is 11.8 Å². The first kappa shape index (κ1) is 14.9. The van der Waals surface area contributed by atoms with Crippen LogP contribution in [0.5, 0.6) is 0 Å². The van der Waals surface area contributed by atoms with Gasteiger partial charge in [0, 0.05) is 5.41 Å². The molecular formula is C11H23N3O2. The molecule has 0 saturated carbocycles. The van der Waals surface area contributed by atoms with E-state index in [0.29, 0.717) is 0 Å². The van der Waals surface area contributed by atoms with E-state index in [0.717, 1.165) is 6.54 Å². The van der Waals surface area contributed by atoms with Crippen molar-refractivity contribution in [3.8, 4) is 0 Å². The first-order chi connectivity index (χ1) is 7.27. The molecular weight excluding hydrogens is 206 g/mol. The smallest absolute Gasteiger partial charge is 0.240 e. The van der Waals surface area contributed by atoms with E-state index in [1.54, 1.807) is 0 Å². The zero-order valence-electron chi connectivity index (χ0n) is 10.8. The highest BCUT2D eigenvalue weighted by molar-refractivity contribution is 5.87. The van der Waals surface area contributed by atoms with Gasteiger partial charge in [-0.15, -0.1) is 0 Å². The summed E-state index contributed by atoms with van der Waals surface area (Å²) < 4.78 is 0. The lowest BCUT2D eigenvalue weighted by atomic mass is 9.96. The first-order valence-electron chi connectivity index (χ1n) is 5.58. The summed E-state index contributed by atoms with van der Waals surface area (Å²) in [7, 11) is 0. The van der Waals surface area contributed by atoms with E-state index in [-0.39, 0.29) is 24.5 Å². The highest BCUT2D eigenvalue weighted by atomic mass is 16.2. The largest absolute Gasteiger partial charge is 0.347 e. The third-order valence-electron chi connectivity index (χ3n) is 1.98. The zero-order chi connectivity index (χ0) is 12.8. The van der Waals surface area contributed by atoms with E-state index in [1.807, 2.05) is 34.6 Å². The molecule has 2 amide bonds. The van der Waals surface area contributed by atoms with Crippen LogP contribution in [0.15, 0.2) is 0 Å². The summed E-state index contributed by atoms with van der Waals surface area (Å²) >= 11 is 0. The monoisotopic (exact) mass is 229 g/mol. The van der Waals surface area contributed by atoms with Crippen molar-refractivity contribution in [1.29, 1.82) is 0 Å². The molecule has 1 atom stereocenters. The molecule has 0 aromatic rings. The Morgan fingerprint density at radius 1 is 1.25 bits per heavy atom. The van der Waals surface area contributed by atoms with Gasteiger partial charge in [-0.05, 0) is 13.5 Å². The molecule has 0 saturated heterocycles. The van der Waals surface area contributed by atoms with Crippen LogP contribution in [0.2, 0.25) is 0 Å². The molecule has 0 aromatic heterocycles. The van der Waals surface area contributed by atoms with Gasteiger partial charge in [0.15, 0.2) is 0 Å². The number of carbonyl (C=O) groups excluding carboxylic acids is 2. The van der Waals surface area contributed by atoms with Crippen LogP contribution in [-0.2, 0) is 9.59 Å². The molecule has 3 N–H and O–H groups in total. The molecule has 94 valence electrons. The van der Waals surface area contributed by atoms with Crippen LogP contribution in [0.4, 0.5) is 0 Å². The van der Waals surface area contributed by atoms with Crippen LogP contribution in [0.25, 0.3) is 0 Å². The van der Waals surface area contributed by atoms with Crippen molar-refractivity contribution in [2.75, 3.05) is 13.1 Å². The van der Waals surface area contributed by atoms with Crippen LogP contribution < -0.4 is 16.0 Å². The van der Waals surface area contributed by atoms with Gasteiger partial charge >= 0.3 is 0 Å². The number of rotatable bonds is 5. The van der Waals surface area contributed by atoms with Crippen molar-refractivity contribution in [1.82, 2.24) is 16.0 Å². The fraction of sp³-hybridized carbons (Fsp3) is 0.818. The number of carbonyl (C=O) groups is 2. The topological polar surface area (TPSA) is 70.2 Å². The van der Waals surface area contributed by atoms with Crippen LogP contribution in [0.3, 0.4) is 0 Å². The highest BCUT2D eigenvalue weighted by Gasteiger charge is 2.21. The van der Waals surface area contributed by atoms with Crippen molar-refractivity contribution in [2.45, 2.75) is 40.8 Å². The number of amides is 2. The Morgan fingerprint density at radius 3 is 2.25 bits per heavy atom. The van der Waals surface area contributed by atoms with Crippen molar-refractivity contribution < 1.29 is 9.59 Å². The minimum absolute atomic E-state index is 0.0197. The summed E-state index contributed by atoms with van der Waals surface area (Å²) in [6.07, 6.45) is -0.0796. The maximum absolute atomic E-state index is 11.5. The van der Waals surface area contributed by atoms with E-state index in [2.05, 4.69) is 16.0 Å². The molecule has 1 unspecified atom stereocenters. The maximum atomic E-state index is 11.5. The minimum Gasteiger partial charge on any atom is -0.347 e. The number of nitrogens with one attached hydrogen (secondary N) is 3. The normalized spacial score (nSPS) is 13.1. The van der Waals surface area contributed by atoms with Gasteiger partial charge in [0.25, 0.3) is 0 Å². The first-order valence-corrected chi connectivity index (χ1v) is 5.58. The number of hydrogen-bond acceptors (Lipinski definition) is 3. The average Bonchev–Trinajstić information content (AvgIpc) is 2.12. The molecule has 0 spiro atoms. The summed E-state index contributed by atoms with van der Waals surface area (Å²) in [5.74, 6) is -0.315. The molecule has 0 fully saturated rings. The predicted octanol–water partition coefficient (Wildman–Crippen LogP) is 0.220. The van der Waals surface area contributed by atoms with Crippen LogP contribution in [-0.4, -0.2) is 31.1 Å². The van der Waals surface area contributed by atoms with Gasteiger partial charge in [0.1, 0.15) is 0 Å². The maximum Gasteiger partial charge on any atom is 0.240 e. The fourth-order valence-electron chi connectivity index (χ4n) is 1.08. The molecule has 0 heterocycles. The van der Waals surface area contributed by atoms with Gasteiger partial charge in [-0.3, -0.25) is 14.9 Å². The van der Waals surface area contributed by atoms with Crippen molar-refractivity contribution in [3.05, 3.63) is 0 Å². The van der Waals surface area contributed by atoms with Gasteiger partial charge in [-0.25, -0.2) is 0 Å². The second-order valence-corrected chi connectivity index (χ2v) is 4.78. The second kappa shape index (κ2) is 6.48. The van der Waals surface area contributed by atoms with Gasteiger partial charge in [0.2, 0.25) is 11.8 Å². The Hall–Kier alpha value is -1.10. The molecule has 0 aromatic carbocycles. The predicted molar refractivity (Wildman–Crippen MR) is 63.7 cm³/mol. The van der Waals surface area contributed by atoms with E-state index in [4.69, 9.17) is 0 Å². The quantitative estimate of drug-likeness (QED) is 0.591. The summed E-state index contributed by atoms with van der Waals surface area (Å²) in [6, 6.07) is 0. The van der Waals surface area contributed by atoms with Gasteiger partial charge in [0.05, 0.1) is 12.7 Å². The van der Waals surface area contributed by atoms with E-state index < -0.39 is 5.41 Å². The van der Waals surface area contributed by atoms with Gasteiger partial charge < -0.3 is 10.6 Å². The van der Waals surface area contributed by atoms with Gasteiger partial charge in [-0.1, -0.05) is 27.7 Å². The van der Waals surface area contributed by atoms with Crippen molar-refractivity contribution in [3.63, 3.8) is 0 Å². The van der Waals surface area contributed by atoms with E-state index in [1.165, 1.54) is 0 Å². The Morgan fingerprint density at radius 2 is 1.81 bits per heavy atom. The van der Waals surface area contributed by atoms with Crippen LogP contribution >= 0.6 is 0 Å². The Balaban J connectivity index is 3.86. The third kappa shape index (κ3) is 6.40. The average molecular weight is 229 g/mol. The third-order valence-corrected chi connectivity index (χ3v) is 1.98. The lowest BCUT2D eigenvalue weighted by Crippen LogP contribution is -2.48. The lowest BCUT2D eigenvalue weighted by Gasteiger charge is -2.18. The molecule has 0 rings (SSSR count). The summed E-state index contributed by atoms with van der Waals surface area (Å²) in [4.78, 5) is 22.9. The van der Waals surface area contributed by atoms with Gasteiger partial charge in [-0.2, -0.15) is 0 Å². The molecule has 0 radical (unpaired) electrons. The molecule has 16 heavy (non-hydrogen) atoms. The molecule has 0 aliphatic carbocycles. The summed E-state index contributed by atoms with van der Waals surface area (Å²) in [5, 5.41) is 8.36. The zero-order valence-corrected chi connectivity index (χ0v) is 10.8. The summed E-state index contributed by atoms with van der Waals surface area (Å²) in [6.45, 7) is 10.0. The second-order valence-electron chi connectivity index (χ2n) is 4.78.